The summed E-state index contributed by atoms with van der Waals surface area (Å²) in [6, 6.07) is 0.246. The van der Waals surface area contributed by atoms with Gasteiger partial charge in [0, 0.05) is 5.54 Å². The van der Waals surface area contributed by atoms with E-state index in [0.29, 0.717) is 0 Å². The highest BCUT2D eigenvalue weighted by Crippen LogP contribution is 2.27. The molecule has 1 rings (SSSR count). The van der Waals surface area contributed by atoms with Gasteiger partial charge in [-0.15, -0.1) is 0 Å². The van der Waals surface area contributed by atoms with Gasteiger partial charge in [0.25, 0.3) is 0 Å². The molecular formula is C14H29N3. The van der Waals surface area contributed by atoms with E-state index in [0.717, 1.165) is 0 Å². The predicted octanol–water partition coefficient (Wildman–Crippen LogP) is 2.44. The van der Waals surface area contributed by atoms with Gasteiger partial charge in [-0.25, -0.2) is 0 Å². The lowest BCUT2D eigenvalue weighted by atomic mass is 9.84. The molecule has 0 amide bonds. The molecular weight excluding hydrogens is 210 g/mol. The summed E-state index contributed by atoms with van der Waals surface area (Å²) in [7, 11) is 4.24. The lowest BCUT2D eigenvalue weighted by molar-refractivity contribution is 0.152. The predicted molar refractivity (Wildman–Crippen MR) is 74.7 cm³/mol. The van der Waals surface area contributed by atoms with Crippen LogP contribution in [0.4, 0.5) is 0 Å². The number of likely N-dealkylation sites (N-methyl/N-ethyl adjacent to an activating group) is 1. The van der Waals surface area contributed by atoms with Crippen molar-refractivity contribution in [3.63, 3.8) is 0 Å². The van der Waals surface area contributed by atoms with Crippen LogP contribution in [0.5, 0.6) is 0 Å². The number of hydrazine groups is 1. The fourth-order valence-electron chi connectivity index (χ4n) is 2.50. The van der Waals surface area contributed by atoms with Crippen LogP contribution < -0.4 is 11.3 Å². The highest BCUT2D eigenvalue weighted by Gasteiger charge is 2.33. The maximum absolute atomic E-state index is 5.80. The highest BCUT2D eigenvalue weighted by atomic mass is 15.3. The molecule has 1 aliphatic carbocycles. The minimum Gasteiger partial charge on any atom is -0.302 e. The number of nitrogens with zero attached hydrogens (tertiary/aromatic N) is 1. The summed E-state index contributed by atoms with van der Waals surface area (Å²) in [5.74, 6) is 5.80. The number of hydrogen-bond acceptors (Lipinski definition) is 3. The van der Waals surface area contributed by atoms with Crippen LogP contribution in [0.25, 0.3) is 0 Å². The van der Waals surface area contributed by atoms with E-state index in [4.69, 9.17) is 5.84 Å². The minimum absolute atomic E-state index is 0.0414. The van der Waals surface area contributed by atoms with Gasteiger partial charge in [-0.3, -0.25) is 11.3 Å². The van der Waals surface area contributed by atoms with Crippen LogP contribution in [0.1, 0.15) is 52.4 Å². The molecule has 1 aliphatic rings. The maximum Gasteiger partial charge on any atom is 0.0598 e. The zero-order chi connectivity index (χ0) is 12.9. The molecule has 0 saturated carbocycles. The second-order valence-electron chi connectivity index (χ2n) is 5.88. The Hall–Kier alpha value is -0.380. The van der Waals surface area contributed by atoms with Crippen molar-refractivity contribution in [2.45, 2.75) is 64.0 Å². The van der Waals surface area contributed by atoms with Crippen molar-refractivity contribution in [1.29, 1.82) is 0 Å². The minimum atomic E-state index is 0.0414. The second kappa shape index (κ2) is 6.53. The van der Waals surface area contributed by atoms with Crippen LogP contribution in [-0.2, 0) is 0 Å². The summed E-state index contributed by atoms with van der Waals surface area (Å²) in [6.45, 7) is 4.49. The first-order valence-corrected chi connectivity index (χ1v) is 6.82. The van der Waals surface area contributed by atoms with Crippen molar-refractivity contribution < 1.29 is 0 Å². The van der Waals surface area contributed by atoms with E-state index in [9.17, 15) is 0 Å². The van der Waals surface area contributed by atoms with Crippen molar-refractivity contribution in [2.75, 3.05) is 14.1 Å². The lowest BCUT2D eigenvalue weighted by Gasteiger charge is -2.41. The van der Waals surface area contributed by atoms with Gasteiger partial charge >= 0.3 is 0 Å². The third-order valence-electron chi connectivity index (χ3n) is 4.22. The molecule has 1 unspecified atom stereocenters. The van der Waals surface area contributed by atoms with Gasteiger partial charge in [-0.05, 0) is 53.6 Å². The zero-order valence-electron chi connectivity index (χ0n) is 11.9. The fourth-order valence-corrected chi connectivity index (χ4v) is 2.50. The highest BCUT2D eigenvalue weighted by molar-refractivity contribution is 5.18. The van der Waals surface area contributed by atoms with Crippen LogP contribution in [0, 0.1) is 0 Å². The fraction of sp³-hybridized carbons (Fsp3) is 0.857. The van der Waals surface area contributed by atoms with E-state index < -0.39 is 0 Å². The van der Waals surface area contributed by atoms with E-state index in [-0.39, 0.29) is 11.6 Å². The lowest BCUT2D eigenvalue weighted by Crippen LogP contribution is -2.58. The van der Waals surface area contributed by atoms with E-state index in [1.165, 1.54) is 44.1 Å². The molecule has 0 bridgehead atoms. The Labute approximate surface area is 106 Å². The van der Waals surface area contributed by atoms with Crippen molar-refractivity contribution in [1.82, 2.24) is 10.3 Å². The van der Waals surface area contributed by atoms with Crippen LogP contribution in [0.2, 0.25) is 0 Å². The van der Waals surface area contributed by atoms with Gasteiger partial charge in [0.15, 0.2) is 0 Å². The first kappa shape index (κ1) is 14.7. The molecule has 0 aliphatic heterocycles. The topological polar surface area (TPSA) is 41.3 Å². The van der Waals surface area contributed by atoms with Crippen molar-refractivity contribution in [3.8, 4) is 0 Å². The first-order chi connectivity index (χ1) is 8.00. The van der Waals surface area contributed by atoms with Crippen LogP contribution in [0.3, 0.4) is 0 Å². The maximum atomic E-state index is 5.80. The van der Waals surface area contributed by atoms with E-state index in [1.54, 1.807) is 0 Å². The number of nitrogens with one attached hydrogen (secondary N) is 1. The summed E-state index contributed by atoms with van der Waals surface area (Å²) >= 11 is 0. The molecule has 3 nitrogen and oxygen atoms in total. The van der Waals surface area contributed by atoms with Crippen molar-refractivity contribution >= 4 is 0 Å². The Bertz CT molecular complexity index is 256. The monoisotopic (exact) mass is 239 g/mol. The molecule has 3 heteroatoms. The van der Waals surface area contributed by atoms with E-state index in [2.05, 4.69) is 44.3 Å². The molecule has 0 heterocycles. The Kier molecular flexibility index (Phi) is 5.63. The average Bonchev–Trinajstić information content (AvgIpc) is 2.21. The quantitative estimate of drug-likeness (QED) is 0.450. The molecule has 1 atom stereocenters. The summed E-state index contributed by atoms with van der Waals surface area (Å²) in [6.07, 6.45) is 10.2. The summed E-state index contributed by atoms with van der Waals surface area (Å²) in [5, 5.41) is 0. The Balaban J connectivity index is 2.84. The summed E-state index contributed by atoms with van der Waals surface area (Å²) < 4.78 is 0. The van der Waals surface area contributed by atoms with Gasteiger partial charge < -0.3 is 4.90 Å². The third kappa shape index (κ3) is 3.80. The largest absolute Gasteiger partial charge is 0.302 e. The molecule has 0 aromatic rings. The third-order valence-corrected chi connectivity index (χ3v) is 4.22. The molecule has 0 spiro atoms. The van der Waals surface area contributed by atoms with Crippen molar-refractivity contribution in [2.24, 2.45) is 5.84 Å². The number of hydrogen-bond donors (Lipinski definition) is 2. The second-order valence-corrected chi connectivity index (χ2v) is 5.88. The average molecular weight is 239 g/mol. The Morgan fingerprint density at radius 2 is 1.88 bits per heavy atom. The Morgan fingerprint density at radius 3 is 2.47 bits per heavy atom. The molecule has 0 aromatic heterocycles. The van der Waals surface area contributed by atoms with E-state index >= 15 is 0 Å². The van der Waals surface area contributed by atoms with Crippen molar-refractivity contribution in [3.05, 3.63) is 11.6 Å². The SMILES string of the molecule is CN(C)C(C)(C)C(NN)C1=CCCCCCC1. The molecule has 0 radical (unpaired) electrons. The Morgan fingerprint density at radius 1 is 1.24 bits per heavy atom. The summed E-state index contributed by atoms with van der Waals surface area (Å²) in [4.78, 5) is 2.25. The van der Waals surface area contributed by atoms with Gasteiger partial charge in [0.1, 0.15) is 0 Å². The molecule has 0 saturated heterocycles. The van der Waals surface area contributed by atoms with Gasteiger partial charge in [0.05, 0.1) is 6.04 Å². The van der Waals surface area contributed by atoms with Gasteiger partial charge in [-0.1, -0.05) is 24.5 Å². The standard InChI is InChI=1S/C14H29N3/c1-14(2,17(3)4)13(16-15)12-10-8-6-5-7-9-11-12/h10,13,16H,5-9,11,15H2,1-4H3. The van der Waals surface area contributed by atoms with E-state index in [1.807, 2.05) is 0 Å². The number of allylic oxidation sites excluding steroid dienone is 1. The molecule has 100 valence electrons. The summed E-state index contributed by atoms with van der Waals surface area (Å²) in [5.41, 5.74) is 4.56. The number of nitrogens with two attached hydrogens (primary N) is 1. The molecule has 0 fully saturated rings. The van der Waals surface area contributed by atoms with Crippen LogP contribution >= 0.6 is 0 Å². The normalized spacial score (nSPS) is 20.7. The first-order valence-electron chi connectivity index (χ1n) is 6.82. The van der Waals surface area contributed by atoms with Crippen LogP contribution in [0.15, 0.2) is 11.6 Å². The van der Waals surface area contributed by atoms with Gasteiger partial charge in [-0.2, -0.15) is 0 Å². The number of rotatable bonds is 4. The molecule has 3 N–H and O–H groups in total. The van der Waals surface area contributed by atoms with Gasteiger partial charge in [0.2, 0.25) is 0 Å². The van der Waals surface area contributed by atoms with Crippen LogP contribution in [-0.4, -0.2) is 30.6 Å². The molecule has 0 aromatic carbocycles. The zero-order valence-corrected chi connectivity index (χ0v) is 11.9. The molecule has 17 heavy (non-hydrogen) atoms. The smallest absolute Gasteiger partial charge is 0.0598 e.